The highest BCUT2D eigenvalue weighted by atomic mass is 32.2. The molecule has 0 saturated carbocycles. The van der Waals surface area contributed by atoms with Crippen molar-refractivity contribution >= 4 is 28.9 Å². The van der Waals surface area contributed by atoms with E-state index >= 15 is 0 Å². The number of nitro groups is 1. The highest BCUT2D eigenvalue weighted by molar-refractivity contribution is 7.99. The molecule has 1 aliphatic rings. The second-order valence-corrected chi connectivity index (χ2v) is 8.84. The topological polar surface area (TPSA) is 83.7 Å². The molecule has 0 bridgehead atoms. The van der Waals surface area contributed by atoms with Gasteiger partial charge in [-0.1, -0.05) is 56.5 Å². The van der Waals surface area contributed by atoms with Crippen LogP contribution in [0.1, 0.15) is 43.7 Å². The van der Waals surface area contributed by atoms with Crippen LogP contribution >= 0.6 is 11.8 Å². The van der Waals surface area contributed by atoms with E-state index in [0.29, 0.717) is 29.3 Å². The van der Waals surface area contributed by atoms with Crippen molar-refractivity contribution in [2.24, 2.45) is 0 Å². The summed E-state index contributed by atoms with van der Waals surface area (Å²) in [6.45, 7) is 8.87. The number of aliphatic hydroxyl groups is 1. The second-order valence-electron chi connectivity index (χ2n) is 7.76. The molecule has 30 heavy (non-hydrogen) atoms. The lowest BCUT2D eigenvalue weighted by atomic mass is 10.0. The maximum Gasteiger partial charge on any atom is 0.283 e. The maximum absolute atomic E-state index is 12.8. The summed E-state index contributed by atoms with van der Waals surface area (Å²) in [4.78, 5) is 27.1. The zero-order valence-electron chi connectivity index (χ0n) is 17.2. The first-order chi connectivity index (χ1) is 14.3. The van der Waals surface area contributed by atoms with E-state index in [1.807, 2.05) is 24.3 Å². The van der Waals surface area contributed by atoms with Crippen LogP contribution in [0, 0.1) is 10.1 Å². The average Bonchev–Trinajstić information content (AvgIpc) is 2.73. The highest BCUT2D eigenvalue weighted by Crippen LogP contribution is 2.39. The maximum atomic E-state index is 12.8. The Kier molecular flexibility index (Phi) is 6.95. The summed E-state index contributed by atoms with van der Waals surface area (Å²) in [5, 5.41) is 21.6. The third-order valence-electron chi connectivity index (χ3n) is 5.21. The Balaban J connectivity index is 1.88. The summed E-state index contributed by atoms with van der Waals surface area (Å²) < 4.78 is 0. The Labute approximate surface area is 180 Å². The molecule has 2 aromatic rings. The normalized spacial score (nSPS) is 16.5. The molecule has 1 N–H and O–H groups in total. The molecule has 1 unspecified atom stereocenters. The van der Waals surface area contributed by atoms with Crippen LogP contribution in [0.25, 0.3) is 5.57 Å². The van der Waals surface area contributed by atoms with Crippen LogP contribution in [0.15, 0.2) is 58.8 Å². The molecule has 0 aromatic heterocycles. The van der Waals surface area contributed by atoms with E-state index in [-0.39, 0.29) is 23.7 Å². The zero-order valence-corrected chi connectivity index (χ0v) is 18.0. The third kappa shape index (κ3) is 4.91. The minimum Gasteiger partial charge on any atom is -0.391 e. The van der Waals surface area contributed by atoms with Crippen LogP contribution in [0.3, 0.4) is 0 Å². The Bertz CT molecular complexity index is 973. The van der Waals surface area contributed by atoms with Gasteiger partial charge in [-0.3, -0.25) is 14.9 Å². The number of nitro benzene ring substituents is 1. The van der Waals surface area contributed by atoms with Gasteiger partial charge in [-0.25, -0.2) is 0 Å². The molecule has 2 aromatic carbocycles. The lowest BCUT2D eigenvalue weighted by Gasteiger charge is -2.30. The summed E-state index contributed by atoms with van der Waals surface area (Å²) >= 11 is 1.35. The second kappa shape index (κ2) is 9.45. The van der Waals surface area contributed by atoms with E-state index in [9.17, 15) is 20.0 Å². The van der Waals surface area contributed by atoms with Crippen LogP contribution in [-0.2, 0) is 4.79 Å². The molecule has 158 valence electrons. The van der Waals surface area contributed by atoms with Gasteiger partial charge < -0.3 is 10.0 Å². The van der Waals surface area contributed by atoms with Crippen molar-refractivity contribution in [3.8, 4) is 0 Å². The molecule has 6 nitrogen and oxygen atoms in total. The Hall–Kier alpha value is -2.64. The Morgan fingerprint density at radius 1 is 1.27 bits per heavy atom. The molecule has 1 aliphatic heterocycles. The van der Waals surface area contributed by atoms with Gasteiger partial charge in [0, 0.05) is 29.6 Å². The molecule has 1 fully saturated rings. The molecular weight excluding hydrogens is 400 g/mol. The number of carbonyl (C=O) groups is 1. The largest absolute Gasteiger partial charge is 0.391 e. The molecule has 0 spiro atoms. The van der Waals surface area contributed by atoms with Crippen molar-refractivity contribution in [2.45, 2.75) is 48.5 Å². The summed E-state index contributed by atoms with van der Waals surface area (Å²) in [5.74, 6) is -0.00192. The lowest BCUT2D eigenvalue weighted by molar-refractivity contribution is -0.387. The summed E-state index contributed by atoms with van der Waals surface area (Å²) in [6.07, 6.45) is 0.862. The van der Waals surface area contributed by atoms with Crippen molar-refractivity contribution in [3.63, 3.8) is 0 Å². The predicted octanol–water partition coefficient (Wildman–Crippen LogP) is 4.87. The van der Waals surface area contributed by atoms with Crippen LogP contribution < -0.4 is 0 Å². The number of hydrogen-bond donors (Lipinski definition) is 1. The standard InChI is InChI=1S/C23H26N2O4S/c1-15(2)19-8-4-5-9-21(19)30-22-11-10-17(13-20(22)25(28)29)16(3)23(27)24-12-6-7-18(26)14-24/h4-5,8-11,13,15,18,26H,3,6-7,12,14H2,1-2H3. The molecule has 0 aliphatic carbocycles. The smallest absolute Gasteiger partial charge is 0.283 e. The van der Waals surface area contributed by atoms with Crippen molar-refractivity contribution in [3.05, 3.63) is 70.3 Å². The van der Waals surface area contributed by atoms with Gasteiger partial charge in [-0.15, -0.1) is 0 Å². The van der Waals surface area contributed by atoms with E-state index in [1.54, 1.807) is 17.0 Å². The van der Waals surface area contributed by atoms with Gasteiger partial charge in [0.15, 0.2) is 0 Å². The number of amides is 1. The SMILES string of the molecule is C=C(C(=O)N1CCCC(O)C1)c1ccc(Sc2ccccc2C(C)C)c([N+](=O)[O-])c1. The quantitative estimate of drug-likeness (QED) is 0.405. The number of β-amino-alcohol motifs (C(OH)–C–C–N with tert-alkyl or cyclic N) is 1. The number of carbonyl (C=O) groups excluding carboxylic acids is 1. The summed E-state index contributed by atoms with van der Waals surface area (Å²) in [6, 6.07) is 12.7. The fourth-order valence-electron chi connectivity index (χ4n) is 3.56. The first kappa shape index (κ1) is 22.1. The average molecular weight is 427 g/mol. The van der Waals surface area contributed by atoms with Gasteiger partial charge in [-0.2, -0.15) is 0 Å². The van der Waals surface area contributed by atoms with Crippen molar-refractivity contribution in [1.82, 2.24) is 4.90 Å². The van der Waals surface area contributed by atoms with Gasteiger partial charge in [0.1, 0.15) is 0 Å². The Morgan fingerprint density at radius 2 is 2.00 bits per heavy atom. The minimum absolute atomic E-state index is 0.0521. The van der Waals surface area contributed by atoms with Gasteiger partial charge in [-0.05, 0) is 42.0 Å². The van der Waals surface area contributed by atoms with Crippen molar-refractivity contribution < 1.29 is 14.8 Å². The molecule has 7 heteroatoms. The van der Waals surface area contributed by atoms with E-state index in [2.05, 4.69) is 20.4 Å². The molecular formula is C23H26N2O4S. The fraction of sp³-hybridized carbons (Fsp3) is 0.348. The number of likely N-dealkylation sites (tertiary alicyclic amines) is 1. The number of piperidine rings is 1. The fourth-order valence-corrected chi connectivity index (χ4v) is 4.74. The monoisotopic (exact) mass is 426 g/mol. The van der Waals surface area contributed by atoms with E-state index < -0.39 is 11.0 Å². The molecule has 1 heterocycles. The van der Waals surface area contributed by atoms with Gasteiger partial charge in [0.2, 0.25) is 0 Å². The Morgan fingerprint density at radius 3 is 2.67 bits per heavy atom. The van der Waals surface area contributed by atoms with Gasteiger partial charge in [0.25, 0.3) is 11.6 Å². The number of aliphatic hydroxyl groups excluding tert-OH is 1. The van der Waals surface area contributed by atoms with Crippen LogP contribution in [0.2, 0.25) is 0 Å². The molecule has 1 saturated heterocycles. The molecule has 1 atom stereocenters. The summed E-state index contributed by atoms with van der Waals surface area (Å²) in [7, 11) is 0. The number of nitrogens with zero attached hydrogens (tertiary/aromatic N) is 2. The minimum atomic E-state index is -0.537. The molecule has 0 radical (unpaired) electrons. The van der Waals surface area contributed by atoms with Crippen molar-refractivity contribution in [2.75, 3.05) is 13.1 Å². The van der Waals surface area contributed by atoms with Crippen molar-refractivity contribution in [1.29, 1.82) is 0 Å². The predicted molar refractivity (Wildman–Crippen MR) is 119 cm³/mol. The van der Waals surface area contributed by atoms with Gasteiger partial charge in [0.05, 0.1) is 15.9 Å². The zero-order chi connectivity index (χ0) is 21.8. The first-order valence-electron chi connectivity index (χ1n) is 9.99. The van der Waals surface area contributed by atoms with Crippen LogP contribution in [0.5, 0.6) is 0 Å². The van der Waals surface area contributed by atoms with Gasteiger partial charge >= 0.3 is 0 Å². The van der Waals surface area contributed by atoms with E-state index in [1.165, 1.54) is 17.8 Å². The summed E-state index contributed by atoms with van der Waals surface area (Å²) in [5.41, 5.74) is 1.70. The van der Waals surface area contributed by atoms with E-state index in [4.69, 9.17) is 0 Å². The van der Waals surface area contributed by atoms with Crippen LogP contribution in [0.4, 0.5) is 5.69 Å². The number of hydrogen-bond acceptors (Lipinski definition) is 5. The molecule has 3 rings (SSSR count). The lowest BCUT2D eigenvalue weighted by Crippen LogP contribution is -2.42. The van der Waals surface area contributed by atoms with Crippen LogP contribution in [-0.4, -0.2) is 40.0 Å². The highest BCUT2D eigenvalue weighted by Gasteiger charge is 2.26. The first-order valence-corrected chi connectivity index (χ1v) is 10.8. The number of rotatable bonds is 6. The third-order valence-corrected chi connectivity index (χ3v) is 6.36. The molecule has 1 amide bonds. The van der Waals surface area contributed by atoms with E-state index in [0.717, 1.165) is 16.9 Å². The number of benzene rings is 2.